The van der Waals surface area contributed by atoms with E-state index in [1.165, 1.54) is 6.21 Å². The molecule has 2 aromatic rings. The van der Waals surface area contributed by atoms with Gasteiger partial charge < -0.3 is 15.4 Å². The van der Waals surface area contributed by atoms with Crippen LogP contribution in [0.4, 0.5) is 5.69 Å². The Morgan fingerprint density at radius 3 is 2.56 bits per heavy atom. The minimum absolute atomic E-state index is 0.125. The number of aryl methyl sites for hydroxylation is 2. The zero-order valence-corrected chi connectivity index (χ0v) is 19.2. The number of hydrogen-bond donors (Lipinski definition) is 3. The Hall–Kier alpha value is -3.39. The summed E-state index contributed by atoms with van der Waals surface area (Å²) in [7, 11) is 0. The molecule has 1 atom stereocenters. The number of rotatable bonds is 8. The Balaban J connectivity index is 1.98. The van der Waals surface area contributed by atoms with Crippen LogP contribution in [0.1, 0.15) is 37.0 Å². The van der Waals surface area contributed by atoms with E-state index in [1.54, 1.807) is 25.1 Å². The summed E-state index contributed by atoms with van der Waals surface area (Å²) in [5.74, 6) is -1.65. The molecule has 0 radical (unpaired) electrons. The number of carbonyl (C=O) groups is 3. The van der Waals surface area contributed by atoms with Crippen LogP contribution in [0.25, 0.3) is 0 Å². The van der Waals surface area contributed by atoms with E-state index in [4.69, 9.17) is 16.3 Å². The van der Waals surface area contributed by atoms with Gasteiger partial charge >= 0.3 is 11.8 Å². The van der Waals surface area contributed by atoms with E-state index in [9.17, 15) is 14.4 Å². The van der Waals surface area contributed by atoms with Crippen LogP contribution in [0.3, 0.4) is 0 Å². The number of benzene rings is 2. The minimum Gasteiger partial charge on any atom is -0.483 e. The number of hydrazone groups is 1. The van der Waals surface area contributed by atoms with E-state index in [1.807, 2.05) is 39.0 Å². The third-order valence-corrected chi connectivity index (χ3v) is 4.79. The number of halogens is 1. The average Bonchev–Trinajstić information content (AvgIpc) is 2.74. The second kappa shape index (κ2) is 11.9. The Morgan fingerprint density at radius 1 is 1.12 bits per heavy atom. The van der Waals surface area contributed by atoms with Gasteiger partial charge in [-0.2, -0.15) is 5.10 Å². The van der Waals surface area contributed by atoms with Crippen molar-refractivity contribution in [1.29, 1.82) is 0 Å². The molecule has 0 bridgehead atoms. The smallest absolute Gasteiger partial charge is 0.329 e. The summed E-state index contributed by atoms with van der Waals surface area (Å²) in [6.45, 7) is 7.34. The van der Waals surface area contributed by atoms with Crippen molar-refractivity contribution in [3.05, 3.63) is 58.1 Å². The van der Waals surface area contributed by atoms with Gasteiger partial charge in [0.15, 0.2) is 6.61 Å². The van der Waals surface area contributed by atoms with Crippen molar-refractivity contribution in [1.82, 2.24) is 10.7 Å². The summed E-state index contributed by atoms with van der Waals surface area (Å²) in [6.07, 6.45) is 1.99. The van der Waals surface area contributed by atoms with E-state index in [2.05, 4.69) is 21.2 Å². The van der Waals surface area contributed by atoms with E-state index in [0.717, 1.165) is 11.1 Å². The van der Waals surface area contributed by atoms with E-state index < -0.39 is 11.8 Å². The lowest BCUT2D eigenvalue weighted by Gasteiger charge is -2.12. The van der Waals surface area contributed by atoms with Gasteiger partial charge in [0.1, 0.15) is 5.75 Å². The molecular formula is C23H27ClN4O4. The first-order chi connectivity index (χ1) is 15.2. The first kappa shape index (κ1) is 24.9. The molecule has 0 saturated heterocycles. The molecule has 0 aliphatic heterocycles. The third-order valence-electron chi connectivity index (χ3n) is 4.55. The maximum atomic E-state index is 12.3. The summed E-state index contributed by atoms with van der Waals surface area (Å²) in [5.41, 5.74) is 5.35. The van der Waals surface area contributed by atoms with Crippen LogP contribution in [0.2, 0.25) is 5.02 Å². The second-order valence-electron chi connectivity index (χ2n) is 7.32. The van der Waals surface area contributed by atoms with Gasteiger partial charge in [-0.15, -0.1) is 0 Å². The molecule has 170 valence electrons. The van der Waals surface area contributed by atoms with Gasteiger partial charge in [0, 0.05) is 22.3 Å². The van der Waals surface area contributed by atoms with E-state index >= 15 is 0 Å². The molecule has 0 spiro atoms. The van der Waals surface area contributed by atoms with Gasteiger partial charge in [-0.3, -0.25) is 14.4 Å². The van der Waals surface area contributed by atoms with Crippen LogP contribution in [0.15, 0.2) is 41.5 Å². The molecule has 8 nitrogen and oxygen atoms in total. The van der Waals surface area contributed by atoms with Gasteiger partial charge in [-0.25, -0.2) is 5.43 Å². The molecule has 32 heavy (non-hydrogen) atoms. The minimum atomic E-state index is -0.890. The summed E-state index contributed by atoms with van der Waals surface area (Å²) < 4.78 is 5.61. The van der Waals surface area contributed by atoms with Crippen LogP contribution in [0.5, 0.6) is 5.75 Å². The number of carbonyl (C=O) groups excluding carboxylic acids is 3. The Morgan fingerprint density at radius 2 is 1.88 bits per heavy atom. The SMILES string of the molecule is CC[C@H](C)NC(=O)C(=O)N/N=C\c1cc(Cl)ccc1OCC(=O)Nc1ccc(C)cc1C. The van der Waals surface area contributed by atoms with Crippen LogP contribution in [-0.4, -0.2) is 36.6 Å². The zero-order chi connectivity index (χ0) is 23.7. The standard InChI is InChI=1S/C23H27ClN4O4/c1-5-16(4)26-22(30)23(31)28-25-12-17-11-18(24)7-9-20(17)32-13-21(29)27-19-8-6-14(2)10-15(19)3/h6-12,16H,5,13H2,1-4H3,(H,26,30)(H,27,29)(H,28,31)/b25-12-/t16-/m0/s1. The molecule has 0 aliphatic rings. The normalized spacial score (nSPS) is 11.7. The van der Waals surface area contributed by atoms with Gasteiger partial charge in [0.05, 0.1) is 6.21 Å². The van der Waals surface area contributed by atoms with Crippen molar-refractivity contribution in [2.45, 2.75) is 40.2 Å². The summed E-state index contributed by atoms with van der Waals surface area (Å²) in [5, 5.41) is 9.55. The molecule has 2 aromatic carbocycles. The highest BCUT2D eigenvalue weighted by molar-refractivity contribution is 6.35. The molecule has 0 aliphatic carbocycles. The van der Waals surface area contributed by atoms with Gasteiger partial charge in [-0.1, -0.05) is 36.2 Å². The fourth-order valence-corrected chi connectivity index (χ4v) is 2.82. The quantitative estimate of drug-likeness (QED) is 0.320. The van der Waals surface area contributed by atoms with Crippen molar-refractivity contribution in [2.75, 3.05) is 11.9 Å². The first-order valence-corrected chi connectivity index (χ1v) is 10.5. The molecule has 3 N–H and O–H groups in total. The number of amides is 3. The van der Waals surface area contributed by atoms with Crippen molar-refractivity contribution in [3.63, 3.8) is 0 Å². The predicted molar refractivity (Wildman–Crippen MR) is 125 cm³/mol. The summed E-state index contributed by atoms with van der Waals surface area (Å²) >= 11 is 6.03. The molecular weight excluding hydrogens is 432 g/mol. The average molecular weight is 459 g/mol. The number of nitrogens with one attached hydrogen (secondary N) is 3. The fourth-order valence-electron chi connectivity index (χ4n) is 2.64. The third kappa shape index (κ3) is 7.70. The summed E-state index contributed by atoms with van der Waals surface area (Å²) in [6, 6.07) is 10.4. The number of ether oxygens (including phenoxy) is 1. The van der Waals surface area contributed by atoms with Crippen molar-refractivity contribution in [2.24, 2.45) is 5.10 Å². The van der Waals surface area contributed by atoms with Crippen LogP contribution >= 0.6 is 11.6 Å². The number of hydrogen-bond acceptors (Lipinski definition) is 5. The van der Waals surface area contributed by atoms with Crippen molar-refractivity contribution >= 4 is 41.2 Å². The van der Waals surface area contributed by atoms with Gasteiger partial charge in [0.2, 0.25) is 0 Å². The van der Waals surface area contributed by atoms with Gasteiger partial charge in [0.25, 0.3) is 5.91 Å². The Kier molecular flexibility index (Phi) is 9.22. The lowest BCUT2D eigenvalue weighted by molar-refractivity contribution is -0.139. The van der Waals surface area contributed by atoms with Crippen LogP contribution in [-0.2, 0) is 14.4 Å². The first-order valence-electron chi connectivity index (χ1n) is 10.1. The highest BCUT2D eigenvalue weighted by Crippen LogP contribution is 2.22. The lowest BCUT2D eigenvalue weighted by atomic mass is 10.1. The molecule has 2 rings (SSSR count). The molecule has 0 heterocycles. The Bertz CT molecular complexity index is 1020. The molecule has 9 heteroatoms. The van der Waals surface area contributed by atoms with Crippen molar-refractivity contribution in [3.8, 4) is 5.75 Å². The number of anilines is 1. The number of nitrogens with zero attached hydrogens (tertiary/aromatic N) is 1. The highest BCUT2D eigenvalue weighted by atomic mass is 35.5. The predicted octanol–water partition coefficient (Wildman–Crippen LogP) is 3.34. The molecule has 0 saturated carbocycles. The van der Waals surface area contributed by atoms with Crippen molar-refractivity contribution < 1.29 is 19.1 Å². The molecule has 0 fully saturated rings. The topological polar surface area (TPSA) is 109 Å². The van der Waals surface area contributed by atoms with Crippen LogP contribution in [0, 0.1) is 13.8 Å². The maximum absolute atomic E-state index is 12.3. The largest absolute Gasteiger partial charge is 0.483 e. The van der Waals surface area contributed by atoms with Gasteiger partial charge in [-0.05, 0) is 57.0 Å². The lowest BCUT2D eigenvalue weighted by Crippen LogP contribution is -2.41. The monoisotopic (exact) mass is 458 g/mol. The second-order valence-corrected chi connectivity index (χ2v) is 7.76. The van der Waals surface area contributed by atoms with E-state index in [0.29, 0.717) is 28.4 Å². The zero-order valence-electron chi connectivity index (χ0n) is 18.5. The highest BCUT2D eigenvalue weighted by Gasteiger charge is 2.14. The maximum Gasteiger partial charge on any atom is 0.329 e. The fraction of sp³-hybridized carbons (Fsp3) is 0.304. The van der Waals surface area contributed by atoms with E-state index in [-0.39, 0.29) is 18.6 Å². The van der Waals surface area contributed by atoms with Crippen LogP contribution < -0.4 is 20.8 Å². The summed E-state index contributed by atoms with van der Waals surface area (Å²) in [4.78, 5) is 35.9. The molecule has 0 unspecified atom stereocenters. The molecule has 3 amide bonds. The molecule has 0 aromatic heterocycles. The Labute approximate surface area is 192 Å².